The first-order valence-electron chi connectivity index (χ1n) is 9.40. The Morgan fingerprint density at radius 1 is 1.26 bits per heavy atom. The van der Waals surface area contributed by atoms with E-state index < -0.39 is 0 Å². The van der Waals surface area contributed by atoms with Gasteiger partial charge in [-0.2, -0.15) is 0 Å². The highest BCUT2D eigenvalue weighted by Crippen LogP contribution is 2.48. The Kier molecular flexibility index (Phi) is 3.57. The molecular weight excluding hydrogens is 342 g/mol. The molecule has 5 rings (SSSR count). The first kappa shape index (κ1) is 16.4. The van der Waals surface area contributed by atoms with E-state index in [2.05, 4.69) is 16.9 Å². The highest BCUT2D eigenvalue weighted by Gasteiger charge is 2.40. The van der Waals surface area contributed by atoms with Crippen LogP contribution in [-0.4, -0.2) is 50.4 Å². The van der Waals surface area contributed by atoms with E-state index >= 15 is 0 Å². The van der Waals surface area contributed by atoms with Gasteiger partial charge in [0.2, 0.25) is 0 Å². The summed E-state index contributed by atoms with van der Waals surface area (Å²) in [4.78, 5) is 20.6. The van der Waals surface area contributed by atoms with Crippen LogP contribution in [0.25, 0.3) is 5.57 Å². The van der Waals surface area contributed by atoms with E-state index in [1.807, 2.05) is 24.4 Å². The molecule has 0 N–H and O–H groups in total. The molecule has 3 heterocycles. The fourth-order valence-corrected chi connectivity index (χ4v) is 4.18. The predicted octanol–water partition coefficient (Wildman–Crippen LogP) is 2.70. The number of likely N-dealkylation sites (N-methyl/N-ethyl adjacent to an activating group) is 1. The van der Waals surface area contributed by atoms with Crippen molar-refractivity contribution in [3.05, 3.63) is 36.2 Å². The summed E-state index contributed by atoms with van der Waals surface area (Å²) in [6.07, 6.45) is 8.29. The molecule has 27 heavy (non-hydrogen) atoms. The number of ether oxygens (including phenoxy) is 2. The Morgan fingerprint density at radius 2 is 2.07 bits per heavy atom. The molecule has 6 heteroatoms. The highest BCUT2D eigenvalue weighted by atomic mass is 16.5. The number of aliphatic imine (C=N–C) groups is 1. The maximum Gasteiger partial charge on any atom is 0.272 e. The number of hydrogen-bond acceptors (Lipinski definition) is 5. The third-order valence-electron chi connectivity index (χ3n) is 5.87. The lowest BCUT2D eigenvalue weighted by molar-refractivity contribution is -0.121. The summed E-state index contributed by atoms with van der Waals surface area (Å²) in [7, 11) is 5.55. The number of anilines is 1. The van der Waals surface area contributed by atoms with Crippen LogP contribution in [0.4, 0.5) is 5.69 Å². The first-order chi connectivity index (χ1) is 13.1. The van der Waals surface area contributed by atoms with E-state index in [4.69, 9.17) is 9.47 Å². The number of hydrogen-bond donors (Lipinski definition) is 0. The molecule has 4 aliphatic rings. The standard InChI is InChI=1S/C21H23N3O3/c1-23-11-18(12-4-5-12)27-20-15(8-13(26-3)9-17(20)23)16-10-24(2)21(25)19-14(16)6-7-22-19/h6-10,12,14,18H,4-5,11H2,1-3H3. The smallest absolute Gasteiger partial charge is 0.272 e. The lowest BCUT2D eigenvalue weighted by atomic mass is 9.86. The number of rotatable bonds is 3. The van der Waals surface area contributed by atoms with Crippen LogP contribution in [0.3, 0.4) is 0 Å². The molecule has 0 saturated heterocycles. The number of fused-ring (bicyclic) bond motifs is 2. The van der Waals surface area contributed by atoms with Gasteiger partial charge >= 0.3 is 0 Å². The number of allylic oxidation sites excluding steroid dienone is 2. The van der Waals surface area contributed by atoms with Crippen molar-refractivity contribution < 1.29 is 14.3 Å². The lowest BCUT2D eigenvalue weighted by Crippen LogP contribution is -2.40. The summed E-state index contributed by atoms with van der Waals surface area (Å²) in [5.41, 5.74) is 3.59. The van der Waals surface area contributed by atoms with E-state index in [-0.39, 0.29) is 17.9 Å². The van der Waals surface area contributed by atoms with Crippen molar-refractivity contribution in [2.24, 2.45) is 16.8 Å². The third kappa shape index (κ3) is 2.54. The molecule has 6 nitrogen and oxygen atoms in total. The van der Waals surface area contributed by atoms with E-state index in [1.54, 1.807) is 25.3 Å². The van der Waals surface area contributed by atoms with Gasteiger partial charge in [0.05, 0.1) is 25.3 Å². The molecule has 1 aromatic rings. The summed E-state index contributed by atoms with van der Waals surface area (Å²) in [5, 5.41) is 0. The van der Waals surface area contributed by atoms with E-state index in [1.165, 1.54) is 12.8 Å². The zero-order valence-electron chi connectivity index (χ0n) is 15.8. The molecule has 0 radical (unpaired) electrons. The fraction of sp³-hybridized carbons (Fsp3) is 0.429. The number of nitrogens with zero attached hydrogens (tertiary/aromatic N) is 3. The Morgan fingerprint density at radius 3 is 2.81 bits per heavy atom. The summed E-state index contributed by atoms with van der Waals surface area (Å²) < 4.78 is 12.1. The molecule has 2 atom stereocenters. The maximum atomic E-state index is 12.4. The van der Waals surface area contributed by atoms with Gasteiger partial charge in [-0.3, -0.25) is 9.79 Å². The molecule has 1 saturated carbocycles. The van der Waals surface area contributed by atoms with Crippen LogP contribution in [0.5, 0.6) is 11.5 Å². The molecule has 1 aromatic carbocycles. The molecule has 0 spiro atoms. The van der Waals surface area contributed by atoms with E-state index in [9.17, 15) is 4.79 Å². The van der Waals surface area contributed by atoms with Crippen LogP contribution >= 0.6 is 0 Å². The second kappa shape index (κ2) is 5.87. The normalized spacial score (nSPS) is 26.3. The van der Waals surface area contributed by atoms with Crippen LogP contribution in [0.2, 0.25) is 0 Å². The molecule has 1 fully saturated rings. The van der Waals surface area contributed by atoms with Crippen molar-refractivity contribution in [1.29, 1.82) is 0 Å². The van der Waals surface area contributed by atoms with Gasteiger partial charge in [-0.15, -0.1) is 0 Å². The molecule has 2 unspecified atom stereocenters. The number of carbonyl (C=O) groups excluding carboxylic acids is 1. The van der Waals surface area contributed by atoms with Crippen molar-refractivity contribution in [3.8, 4) is 11.5 Å². The molecule has 1 amide bonds. The van der Waals surface area contributed by atoms with Crippen molar-refractivity contribution >= 4 is 22.9 Å². The highest BCUT2D eigenvalue weighted by molar-refractivity contribution is 6.44. The van der Waals surface area contributed by atoms with Crippen molar-refractivity contribution in [1.82, 2.24) is 4.90 Å². The zero-order valence-corrected chi connectivity index (χ0v) is 15.8. The van der Waals surface area contributed by atoms with Gasteiger partial charge in [0.1, 0.15) is 17.6 Å². The summed E-state index contributed by atoms with van der Waals surface area (Å²) >= 11 is 0. The van der Waals surface area contributed by atoms with Crippen LogP contribution < -0.4 is 14.4 Å². The van der Waals surface area contributed by atoms with Gasteiger partial charge in [0.15, 0.2) is 5.75 Å². The second-order valence-corrected chi connectivity index (χ2v) is 7.73. The van der Waals surface area contributed by atoms with Crippen molar-refractivity contribution in [3.63, 3.8) is 0 Å². The summed E-state index contributed by atoms with van der Waals surface area (Å²) in [5.74, 6) is 2.11. The van der Waals surface area contributed by atoms with Gasteiger partial charge in [-0.1, -0.05) is 6.08 Å². The molecule has 3 aliphatic heterocycles. The fourth-order valence-electron chi connectivity index (χ4n) is 4.18. The number of methoxy groups -OCH3 is 1. The Bertz CT molecular complexity index is 913. The number of benzene rings is 1. The summed E-state index contributed by atoms with van der Waals surface area (Å²) in [6.45, 7) is 0.887. The van der Waals surface area contributed by atoms with Crippen LogP contribution in [0.1, 0.15) is 18.4 Å². The quantitative estimate of drug-likeness (QED) is 0.826. The molecule has 140 valence electrons. The molecule has 0 aromatic heterocycles. The molecule has 1 aliphatic carbocycles. The zero-order chi connectivity index (χ0) is 18.7. The summed E-state index contributed by atoms with van der Waals surface area (Å²) in [6, 6.07) is 4.04. The largest absolute Gasteiger partial charge is 0.497 e. The van der Waals surface area contributed by atoms with Gasteiger partial charge in [0.25, 0.3) is 5.91 Å². The Hall–Kier alpha value is -2.76. The SMILES string of the molecule is COc1cc(C2=CN(C)C(=O)C3=NC=CC23)c2c(c1)N(C)CC(C1CC1)O2. The number of amides is 1. The monoisotopic (exact) mass is 365 g/mol. The van der Waals surface area contributed by atoms with E-state index in [0.717, 1.165) is 34.9 Å². The second-order valence-electron chi connectivity index (χ2n) is 7.73. The minimum atomic E-state index is -0.139. The van der Waals surface area contributed by atoms with Crippen LogP contribution in [-0.2, 0) is 4.79 Å². The van der Waals surface area contributed by atoms with Crippen molar-refractivity contribution in [2.45, 2.75) is 18.9 Å². The predicted molar refractivity (Wildman–Crippen MR) is 104 cm³/mol. The Labute approximate surface area is 158 Å². The topological polar surface area (TPSA) is 54.4 Å². The maximum absolute atomic E-state index is 12.4. The average molecular weight is 365 g/mol. The van der Waals surface area contributed by atoms with Gasteiger partial charge < -0.3 is 19.3 Å². The Balaban J connectivity index is 1.67. The van der Waals surface area contributed by atoms with Gasteiger partial charge in [0, 0.05) is 38.1 Å². The van der Waals surface area contributed by atoms with Crippen LogP contribution in [0, 0.1) is 11.8 Å². The third-order valence-corrected chi connectivity index (χ3v) is 5.87. The van der Waals surface area contributed by atoms with Crippen LogP contribution in [0.15, 0.2) is 35.6 Å². The average Bonchev–Trinajstić information content (AvgIpc) is 3.41. The van der Waals surface area contributed by atoms with E-state index in [0.29, 0.717) is 11.6 Å². The minimum absolute atomic E-state index is 0.0561. The van der Waals surface area contributed by atoms with Gasteiger partial charge in [-0.05, 0) is 30.4 Å². The molecular formula is C21H23N3O3. The lowest BCUT2D eigenvalue weighted by Gasteiger charge is -2.37. The van der Waals surface area contributed by atoms with Crippen molar-refractivity contribution in [2.75, 3.05) is 32.6 Å². The van der Waals surface area contributed by atoms with Gasteiger partial charge in [-0.25, -0.2) is 0 Å². The molecule has 0 bridgehead atoms. The number of carbonyl (C=O) groups is 1. The minimum Gasteiger partial charge on any atom is -0.497 e. The first-order valence-corrected chi connectivity index (χ1v) is 9.40.